The molecule has 224 valence electrons. The SMILES string of the molecule is C=C1C(C2CCCCC2)=C2CCCCC2C(NC2=CCC(C3=CCC(NC4C=CC=CC4)CC3)CC2)C1CCCC. The van der Waals surface area contributed by atoms with E-state index in [9.17, 15) is 0 Å². The Morgan fingerprint density at radius 1 is 0.829 bits per heavy atom. The number of fused-ring (bicyclic) bond motifs is 1. The topological polar surface area (TPSA) is 24.1 Å². The number of nitrogens with one attached hydrogen (secondary N) is 2. The molecule has 0 aromatic carbocycles. The Hall–Kier alpha value is -1.80. The number of unbranched alkanes of at least 4 members (excludes halogenated alkanes) is 1. The second-order valence-corrected chi connectivity index (χ2v) is 14.3. The minimum absolute atomic E-state index is 0.529. The van der Waals surface area contributed by atoms with Crippen LogP contribution >= 0.6 is 0 Å². The Labute approximate surface area is 252 Å². The molecule has 2 heteroatoms. The fourth-order valence-corrected chi connectivity index (χ4v) is 9.47. The summed E-state index contributed by atoms with van der Waals surface area (Å²) in [4.78, 5) is 0. The van der Waals surface area contributed by atoms with E-state index in [1.807, 2.05) is 5.57 Å². The van der Waals surface area contributed by atoms with E-state index in [2.05, 4.69) is 54.0 Å². The van der Waals surface area contributed by atoms with E-state index in [1.54, 1.807) is 22.4 Å². The standard InChI is InChI=1S/C39H58N2/c1-3-4-17-35-28(2)38(31-13-7-5-8-14-31)36-18-11-12-19-37(36)39(35)41-34-26-22-30(23-27-34)29-20-24-33(25-21-29)40-32-15-9-6-10-16-32/h6,9-10,15,20,26,30-33,35,37,39-41H,2-5,7-8,11-14,16-19,21-25,27H2,1H3. The summed E-state index contributed by atoms with van der Waals surface area (Å²) < 4.78 is 0. The number of hydrogen-bond donors (Lipinski definition) is 2. The van der Waals surface area contributed by atoms with Crippen molar-refractivity contribution in [1.82, 2.24) is 10.6 Å². The van der Waals surface area contributed by atoms with Gasteiger partial charge in [0.25, 0.3) is 0 Å². The zero-order valence-electron chi connectivity index (χ0n) is 26.1. The van der Waals surface area contributed by atoms with E-state index in [1.165, 1.54) is 116 Å². The highest BCUT2D eigenvalue weighted by Crippen LogP contribution is 2.51. The van der Waals surface area contributed by atoms with Gasteiger partial charge < -0.3 is 10.6 Å². The van der Waals surface area contributed by atoms with Gasteiger partial charge in [0.1, 0.15) is 0 Å². The van der Waals surface area contributed by atoms with E-state index in [-0.39, 0.29) is 0 Å². The van der Waals surface area contributed by atoms with Crippen LogP contribution in [0.1, 0.15) is 129 Å². The summed E-state index contributed by atoms with van der Waals surface area (Å²) in [6, 6.07) is 1.75. The largest absolute Gasteiger partial charge is 0.385 e. The van der Waals surface area contributed by atoms with Crippen molar-refractivity contribution < 1.29 is 0 Å². The molecule has 0 amide bonds. The van der Waals surface area contributed by atoms with Gasteiger partial charge in [-0.3, -0.25) is 0 Å². The van der Waals surface area contributed by atoms with Crippen LogP contribution in [0.5, 0.6) is 0 Å². The average Bonchev–Trinajstić information content (AvgIpc) is 3.03. The van der Waals surface area contributed by atoms with Gasteiger partial charge in [-0.2, -0.15) is 0 Å². The van der Waals surface area contributed by atoms with Crippen molar-refractivity contribution in [3.8, 4) is 0 Å². The summed E-state index contributed by atoms with van der Waals surface area (Å²) in [6.07, 6.45) is 39.5. The van der Waals surface area contributed by atoms with Crippen molar-refractivity contribution in [2.24, 2.45) is 23.7 Å². The highest BCUT2D eigenvalue weighted by molar-refractivity contribution is 5.44. The third-order valence-corrected chi connectivity index (χ3v) is 11.7. The van der Waals surface area contributed by atoms with E-state index in [4.69, 9.17) is 6.58 Å². The molecule has 0 radical (unpaired) electrons. The van der Waals surface area contributed by atoms with Crippen LogP contribution in [-0.2, 0) is 0 Å². The maximum absolute atomic E-state index is 4.92. The minimum atomic E-state index is 0.529. The van der Waals surface area contributed by atoms with Crippen molar-refractivity contribution >= 4 is 0 Å². The molecule has 2 saturated carbocycles. The molecule has 0 aromatic rings. The van der Waals surface area contributed by atoms with E-state index in [0.29, 0.717) is 24.0 Å². The molecule has 0 heterocycles. The zero-order chi connectivity index (χ0) is 28.0. The molecule has 2 nitrogen and oxygen atoms in total. The molecular weight excluding hydrogens is 496 g/mol. The van der Waals surface area contributed by atoms with Gasteiger partial charge in [-0.25, -0.2) is 0 Å². The average molecular weight is 555 g/mol. The smallest absolute Gasteiger partial charge is 0.0392 e. The highest BCUT2D eigenvalue weighted by Gasteiger charge is 2.43. The lowest BCUT2D eigenvalue weighted by Crippen LogP contribution is -2.48. The molecule has 0 aliphatic heterocycles. The van der Waals surface area contributed by atoms with Crippen LogP contribution < -0.4 is 10.6 Å². The lowest BCUT2D eigenvalue weighted by molar-refractivity contribution is 0.245. The molecule has 6 aliphatic carbocycles. The lowest BCUT2D eigenvalue weighted by atomic mass is 9.61. The summed E-state index contributed by atoms with van der Waals surface area (Å²) in [5.41, 5.74) is 8.50. The summed E-state index contributed by atoms with van der Waals surface area (Å²) in [5, 5.41) is 8.16. The molecule has 6 rings (SSSR count). The van der Waals surface area contributed by atoms with Crippen LogP contribution in [0.4, 0.5) is 0 Å². The van der Waals surface area contributed by atoms with E-state index < -0.39 is 0 Å². The first-order chi connectivity index (χ1) is 20.2. The Balaban J connectivity index is 1.12. The first-order valence-corrected chi connectivity index (χ1v) is 17.9. The second kappa shape index (κ2) is 14.1. The van der Waals surface area contributed by atoms with E-state index >= 15 is 0 Å². The summed E-state index contributed by atoms with van der Waals surface area (Å²) in [5.74, 6) is 2.93. The van der Waals surface area contributed by atoms with Crippen molar-refractivity contribution in [2.75, 3.05) is 0 Å². The van der Waals surface area contributed by atoms with Gasteiger partial charge in [0, 0.05) is 35.7 Å². The normalized spacial score (nSPS) is 34.7. The van der Waals surface area contributed by atoms with Crippen LogP contribution in [0.15, 0.2) is 71.0 Å². The Morgan fingerprint density at radius 3 is 2.44 bits per heavy atom. The predicted octanol–water partition coefficient (Wildman–Crippen LogP) is 10.0. The van der Waals surface area contributed by atoms with Crippen molar-refractivity contribution in [1.29, 1.82) is 0 Å². The van der Waals surface area contributed by atoms with Crippen molar-refractivity contribution in [3.05, 3.63) is 71.0 Å². The maximum Gasteiger partial charge on any atom is 0.0392 e. The van der Waals surface area contributed by atoms with Crippen LogP contribution in [0.3, 0.4) is 0 Å². The molecule has 0 spiro atoms. The second-order valence-electron chi connectivity index (χ2n) is 14.3. The van der Waals surface area contributed by atoms with E-state index in [0.717, 1.165) is 24.2 Å². The summed E-state index contributed by atoms with van der Waals surface area (Å²) in [6.45, 7) is 7.28. The summed E-state index contributed by atoms with van der Waals surface area (Å²) >= 11 is 0. The fraction of sp³-hybridized carbons (Fsp3) is 0.692. The van der Waals surface area contributed by atoms with Gasteiger partial charge in [0.15, 0.2) is 0 Å². The molecule has 0 saturated heterocycles. The Kier molecular flexibility index (Phi) is 10.1. The monoisotopic (exact) mass is 554 g/mol. The quantitative estimate of drug-likeness (QED) is 0.277. The molecule has 6 aliphatic rings. The Bertz CT molecular complexity index is 1060. The van der Waals surface area contributed by atoms with Crippen LogP contribution in [-0.4, -0.2) is 18.1 Å². The lowest BCUT2D eigenvalue weighted by Gasteiger charge is -2.48. The Morgan fingerprint density at radius 2 is 1.71 bits per heavy atom. The van der Waals surface area contributed by atoms with Gasteiger partial charge in [0.2, 0.25) is 0 Å². The van der Waals surface area contributed by atoms with Gasteiger partial charge >= 0.3 is 0 Å². The molecule has 0 bridgehead atoms. The zero-order valence-corrected chi connectivity index (χ0v) is 26.1. The molecule has 41 heavy (non-hydrogen) atoms. The van der Waals surface area contributed by atoms with Crippen LogP contribution in [0.2, 0.25) is 0 Å². The molecule has 6 atom stereocenters. The van der Waals surface area contributed by atoms with Gasteiger partial charge in [-0.1, -0.05) is 99.6 Å². The third kappa shape index (κ3) is 6.90. The molecule has 2 N–H and O–H groups in total. The van der Waals surface area contributed by atoms with Crippen LogP contribution in [0, 0.1) is 23.7 Å². The van der Waals surface area contributed by atoms with Crippen molar-refractivity contribution in [2.45, 2.75) is 147 Å². The molecule has 6 unspecified atom stereocenters. The highest BCUT2D eigenvalue weighted by atomic mass is 15.0. The predicted molar refractivity (Wildman–Crippen MR) is 176 cm³/mol. The first kappa shape index (κ1) is 29.3. The van der Waals surface area contributed by atoms with Gasteiger partial charge in [0.05, 0.1) is 0 Å². The summed E-state index contributed by atoms with van der Waals surface area (Å²) in [7, 11) is 0. The first-order valence-electron chi connectivity index (χ1n) is 17.9. The number of hydrogen-bond acceptors (Lipinski definition) is 2. The van der Waals surface area contributed by atoms with Crippen LogP contribution in [0.25, 0.3) is 0 Å². The van der Waals surface area contributed by atoms with Gasteiger partial charge in [-0.15, -0.1) is 0 Å². The molecule has 0 aromatic heterocycles. The van der Waals surface area contributed by atoms with Crippen molar-refractivity contribution in [3.63, 3.8) is 0 Å². The minimum Gasteiger partial charge on any atom is -0.385 e. The fourth-order valence-electron chi connectivity index (χ4n) is 9.47. The van der Waals surface area contributed by atoms with Gasteiger partial charge in [-0.05, 0) is 106 Å². The molecular formula is C39H58N2. The number of rotatable bonds is 9. The third-order valence-electron chi connectivity index (χ3n) is 11.7. The maximum atomic E-state index is 4.92. The molecule has 2 fully saturated rings. The number of allylic oxidation sites excluding steroid dienone is 6.